The minimum absolute atomic E-state index is 0.181. The van der Waals surface area contributed by atoms with E-state index in [2.05, 4.69) is 5.10 Å². The Hall–Kier alpha value is -0.240. The zero-order valence-electron chi connectivity index (χ0n) is 8.58. The van der Waals surface area contributed by atoms with Crippen LogP contribution in [0, 0.1) is 9.49 Å². The summed E-state index contributed by atoms with van der Waals surface area (Å²) in [6.45, 7) is 2.15. The number of rotatable bonds is 5. The Morgan fingerprint density at radius 3 is 2.73 bits per heavy atom. The van der Waals surface area contributed by atoms with Crippen LogP contribution >= 0.6 is 22.6 Å². The largest absolute Gasteiger partial charge is 0.375 e. The van der Waals surface area contributed by atoms with Crippen LogP contribution in [0.1, 0.15) is 26.1 Å². The van der Waals surface area contributed by atoms with Crippen molar-refractivity contribution in [1.82, 2.24) is 9.78 Å². The van der Waals surface area contributed by atoms with Gasteiger partial charge in [0.25, 0.3) is 0 Å². The summed E-state index contributed by atoms with van der Waals surface area (Å²) < 4.78 is 31.7. The van der Waals surface area contributed by atoms with E-state index in [4.69, 9.17) is 4.74 Å². The lowest BCUT2D eigenvalue weighted by atomic mass is 10.2. The van der Waals surface area contributed by atoms with Gasteiger partial charge in [-0.3, -0.25) is 0 Å². The third-order valence-corrected chi connectivity index (χ3v) is 2.62. The molecule has 0 atom stereocenters. The minimum Gasteiger partial charge on any atom is -0.375 e. The van der Waals surface area contributed by atoms with Crippen LogP contribution in [0.5, 0.6) is 0 Å². The predicted molar refractivity (Wildman–Crippen MR) is 60.7 cm³/mol. The van der Waals surface area contributed by atoms with Crippen LogP contribution in [0.2, 0.25) is 0 Å². The zero-order chi connectivity index (χ0) is 11.4. The number of hydrogen-bond acceptors (Lipinski definition) is 2. The molecule has 0 radical (unpaired) electrons. The highest BCUT2D eigenvalue weighted by Crippen LogP contribution is 2.19. The lowest BCUT2D eigenvalue weighted by molar-refractivity contribution is 0.0376. The van der Waals surface area contributed by atoms with Crippen molar-refractivity contribution < 1.29 is 13.5 Å². The summed E-state index contributed by atoms with van der Waals surface area (Å²) in [5.74, 6) is 0.394. The van der Waals surface area contributed by atoms with Crippen molar-refractivity contribution >= 4 is 22.6 Å². The monoisotopic (exact) mass is 330 g/mol. The van der Waals surface area contributed by atoms with Crippen LogP contribution in [0.3, 0.4) is 0 Å². The smallest absolute Gasteiger partial charge is 0.333 e. The van der Waals surface area contributed by atoms with Crippen LogP contribution in [0.25, 0.3) is 0 Å². The number of aromatic nitrogens is 2. The van der Waals surface area contributed by atoms with Crippen molar-refractivity contribution in [3.63, 3.8) is 0 Å². The van der Waals surface area contributed by atoms with E-state index >= 15 is 0 Å². The molecule has 0 N–H and O–H groups in total. The topological polar surface area (TPSA) is 27.1 Å². The molecule has 1 aromatic heterocycles. The fraction of sp³-hybridized carbons (Fsp3) is 0.667. The van der Waals surface area contributed by atoms with Gasteiger partial charge in [-0.15, -0.1) is 0 Å². The van der Waals surface area contributed by atoms with E-state index in [0.717, 1.165) is 0 Å². The molecule has 0 unspecified atom stereocenters. The molecule has 0 aliphatic rings. The molecule has 0 spiro atoms. The van der Waals surface area contributed by atoms with Crippen LogP contribution in [-0.2, 0) is 11.3 Å². The van der Waals surface area contributed by atoms with E-state index in [9.17, 15) is 8.78 Å². The summed E-state index contributed by atoms with van der Waals surface area (Å²) in [6, 6.07) is 0. The summed E-state index contributed by atoms with van der Waals surface area (Å²) in [5, 5.41) is 3.59. The van der Waals surface area contributed by atoms with Crippen molar-refractivity contribution in [2.24, 2.45) is 5.92 Å². The van der Waals surface area contributed by atoms with Gasteiger partial charge in [-0.05, 0) is 28.5 Å². The molecule has 1 rings (SSSR count). The first-order valence-corrected chi connectivity index (χ1v) is 5.68. The van der Waals surface area contributed by atoms with Gasteiger partial charge in [-0.2, -0.15) is 13.9 Å². The molecule has 1 heterocycles. The van der Waals surface area contributed by atoms with E-state index < -0.39 is 6.55 Å². The standard InChI is InChI=1S/C9H13F2IN2O/c1-6(2)4-15-5-8-7(12)3-13-14(8)9(10)11/h3,6,9H,4-5H2,1-2H3. The fourth-order valence-electron chi connectivity index (χ4n) is 1.06. The van der Waals surface area contributed by atoms with Crippen LogP contribution < -0.4 is 0 Å². The summed E-state index contributed by atoms with van der Waals surface area (Å²) in [5.41, 5.74) is 0.436. The second-order valence-corrected chi connectivity index (χ2v) is 4.73. The molecule has 0 fully saturated rings. The molecule has 1 aromatic rings. The van der Waals surface area contributed by atoms with Gasteiger partial charge < -0.3 is 4.74 Å². The molecular weight excluding hydrogens is 317 g/mol. The quantitative estimate of drug-likeness (QED) is 0.776. The first-order valence-electron chi connectivity index (χ1n) is 4.60. The molecule has 86 valence electrons. The fourth-order valence-corrected chi connectivity index (χ4v) is 1.59. The average Bonchev–Trinajstić information content (AvgIpc) is 2.47. The van der Waals surface area contributed by atoms with Crippen molar-refractivity contribution in [2.75, 3.05) is 6.61 Å². The van der Waals surface area contributed by atoms with Gasteiger partial charge in [0.2, 0.25) is 0 Å². The van der Waals surface area contributed by atoms with Gasteiger partial charge in [0.05, 0.1) is 22.1 Å². The molecule has 0 saturated carbocycles. The molecule has 0 amide bonds. The lowest BCUT2D eigenvalue weighted by Gasteiger charge is -2.09. The highest BCUT2D eigenvalue weighted by Gasteiger charge is 2.15. The molecule has 15 heavy (non-hydrogen) atoms. The predicted octanol–water partition coefficient (Wildman–Crippen LogP) is 3.06. The lowest BCUT2D eigenvalue weighted by Crippen LogP contribution is -2.10. The van der Waals surface area contributed by atoms with Gasteiger partial charge in [0.1, 0.15) is 0 Å². The van der Waals surface area contributed by atoms with Crippen LogP contribution in [-0.4, -0.2) is 16.4 Å². The Morgan fingerprint density at radius 1 is 1.53 bits per heavy atom. The Morgan fingerprint density at radius 2 is 2.20 bits per heavy atom. The van der Waals surface area contributed by atoms with E-state index in [0.29, 0.717) is 26.5 Å². The third-order valence-electron chi connectivity index (χ3n) is 1.72. The summed E-state index contributed by atoms with van der Waals surface area (Å²) in [4.78, 5) is 0. The third kappa shape index (κ3) is 3.67. The highest BCUT2D eigenvalue weighted by molar-refractivity contribution is 14.1. The van der Waals surface area contributed by atoms with E-state index in [1.165, 1.54) is 6.20 Å². The maximum atomic E-state index is 12.5. The van der Waals surface area contributed by atoms with Gasteiger partial charge in [0, 0.05) is 6.61 Å². The van der Waals surface area contributed by atoms with Gasteiger partial charge in [-0.1, -0.05) is 13.8 Å². The number of nitrogens with zero attached hydrogens (tertiary/aromatic N) is 2. The molecule has 0 bridgehead atoms. The first-order chi connectivity index (χ1) is 7.02. The van der Waals surface area contributed by atoms with Crippen molar-refractivity contribution in [2.45, 2.75) is 27.0 Å². The average molecular weight is 330 g/mol. The maximum absolute atomic E-state index is 12.5. The highest BCUT2D eigenvalue weighted by atomic mass is 127. The van der Waals surface area contributed by atoms with Crippen molar-refractivity contribution in [3.05, 3.63) is 15.5 Å². The molecular formula is C9H13F2IN2O. The van der Waals surface area contributed by atoms with Gasteiger partial charge in [-0.25, -0.2) is 4.68 Å². The van der Waals surface area contributed by atoms with Gasteiger partial charge in [0.15, 0.2) is 0 Å². The van der Waals surface area contributed by atoms with Crippen molar-refractivity contribution in [1.29, 1.82) is 0 Å². The van der Waals surface area contributed by atoms with Crippen molar-refractivity contribution in [3.8, 4) is 0 Å². The molecule has 0 aliphatic carbocycles. The SMILES string of the molecule is CC(C)COCc1c(I)cnn1C(F)F. The normalized spacial score (nSPS) is 11.7. The van der Waals surface area contributed by atoms with Crippen LogP contribution in [0.15, 0.2) is 6.20 Å². The second-order valence-electron chi connectivity index (χ2n) is 3.57. The Balaban J connectivity index is 2.62. The number of hydrogen-bond donors (Lipinski definition) is 0. The molecule has 0 aliphatic heterocycles. The Labute approximate surface area is 101 Å². The van der Waals surface area contributed by atoms with Gasteiger partial charge >= 0.3 is 6.55 Å². The summed E-state index contributed by atoms with van der Waals surface area (Å²) in [6.07, 6.45) is 1.42. The molecule has 6 heteroatoms. The Bertz CT molecular complexity index is 315. The van der Waals surface area contributed by atoms with E-state index in [1.54, 1.807) is 0 Å². The number of alkyl halides is 2. The zero-order valence-corrected chi connectivity index (χ0v) is 10.7. The number of halogens is 3. The molecule has 0 aromatic carbocycles. The summed E-state index contributed by atoms with van der Waals surface area (Å²) >= 11 is 1.97. The maximum Gasteiger partial charge on any atom is 0.333 e. The minimum atomic E-state index is -2.61. The molecule has 0 saturated heterocycles. The van der Waals surface area contributed by atoms with E-state index in [1.807, 2.05) is 36.4 Å². The Kier molecular flexibility index (Phi) is 4.91. The first kappa shape index (κ1) is 12.8. The summed E-state index contributed by atoms with van der Waals surface area (Å²) in [7, 11) is 0. The number of ether oxygens (including phenoxy) is 1. The van der Waals surface area contributed by atoms with E-state index in [-0.39, 0.29) is 6.61 Å². The second kappa shape index (κ2) is 5.74. The molecule has 3 nitrogen and oxygen atoms in total. The van der Waals surface area contributed by atoms with Crippen LogP contribution in [0.4, 0.5) is 8.78 Å².